The lowest BCUT2D eigenvalue weighted by molar-refractivity contribution is -0.140. The number of carbonyl (C=O) groups is 1. The third-order valence-electron chi connectivity index (χ3n) is 5.18. The zero-order chi connectivity index (χ0) is 22.6. The molecule has 0 saturated carbocycles. The molecule has 0 unspecified atom stereocenters. The number of nitrogens with zero attached hydrogens (tertiary/aromatic N) is 2. The lowest BCUT2D eigenvalue weighted by Crippen LogP contribution is -2.39. The molecule has 5 nitrogen and oxygen atoms in total. The third-order valence-corrected chi connectivity index (χ3v) is 6.98. The van der Waals surface area contributed by atoms with E-state index in [1.807, 2.05) is 19.1 Å². The molecule has 31 heavy (non-hydrogen) atoms. The minimum atomic E-state index is -4.54. The largest absolute Gasteiger partial charge is 0.406 e. The summed E-state index contributed by atoms with van der Waals surface area (Å²) in [6, 6.07) is 12.5. The molecule has 1 aliphatic rings. The summed E-state index contributed by atoms with van der Waals surface area (Å²) in [4.78, 5) is 13.4. The van der Waals surface area contributed by atoms with E-state index in [4.69, 9.17) is 0 Å². The summed E-state index contributed by atoms with van der Waals surface area (Å²) in [5.41, 5.74) is 1.43. The number of alkyl halides is 3. The minimum absolute atomic E-state index is 0.0503. The van der Waals surface area contributed by atoms with E-state index in [1.165, 1.54) is 28.6 Å². The van der Waals surface area contributed by atoms with Crippen molar-refractivity contribution in [3.8, 4) is 0 Å². The number of aryl methyl sites for hydroxylation is 1. The molecule has 0 aromatic heterocycles. The van der Waals surface area contributed by atoms with Crippen molar-refractivity contribution in [3.63, 3.8) is 0 Å². The number of anilines is 1. The molecule has 1 aliphatic heterocycles. The Morgan fingerprint density at radius 1 is 1.13 bits per heavy atom. The molecule has 0 saturated heterocycles. The van der Waals surface area contributed by atoms with Gasteiger partial charge in [0.05, 0.1) is 10.6 Å². The van der Waals surface area contributed by atoms with Crippen LogP contribution >= 0.6 is 0 Å². The molecular weight excluding hydrogens is 429 g/mol. The number of halogens is 3. The van der Waals surface area contributed by atoms with Crippen LogP contribution in [0.5, 0.6) is 0 Å². The van der Waals surface area contributed by atoms with Crippen LogP contribution in [0, 0.1) is 0 Å². The quantitative estimate of drug-likeness (QED) is 0.613. The zero-order valence-electron chi connectivity index (χ0n) is 17.2. The van der Waals surface area contributed by atoms with Crippen molar-refractivity contribution in [3.05, 3.63) is 59.7 Å². The van der Waals surface area contributed by atoms with Crippen LogP contribution in [0.15, 0.2) is 53.4 Å². The highest BCUT2D eigenvalue weighted by atomic mass is 32.2. The van der Waals surface area contributed by atoms with Gasteiger partial charge in [0.2, 0.25) is 0 Å². The molecule has 2 aromatic rings. The van der Waals surface area contributed by atoms with Crippen LogP contribution in [0.2, 0.25) is 0 Å². The summed E-state index contributed by atoms with van der Waals surface area (Å²) >= 11 is 0. The summed E-state index contributed by atoms with van der Waals surface area (Å²) in [7, 11) is -3.97. The molecule has 168 valence electrons. The van der Waals surface area contributed by atoms with Gasteiger partial charge in [-0.3, -0.25) is 9.10 Å². The van der Waals surface area contributed by atoms with Crippen molar-refractivity contribution in [2.45, 2.75) is 43.7 Å². The van der Waals surface area contributed by atoms with E-state index in [-0.39, 0.29) is 17.0 Å². The highest BCUT2D eigenvalue weighted by Gasteiger charge is 2.34. The van der Waals surface area contributed by atoms with E-state index in [0.29, 0.717) is 31.5 Å². The van der Waals surface area contributed by atoms with Crippen molar-refractivity contribution >= 4 is 21.6 Å². The standard InChI is InChI=1S/C22H25F3N2O3S/c1-2-3-13-26(16-22(23,24)25)21(28)18-9-6-11-19(15-18)31(29,30)27-14-7-10-17-8-4-5-12-20(17)27/h4-6,8-9,11-12,15H,2-3,7,10,13-14,16H2,1H3. The van der Waals surface area contributed by atoms with Crippen molar-refractivity contribution in [2.75, 3.05) is 23.9 Å². The van der Waals surface area contributed by atoms with Gasteiger partial charge < -0.3 is 4.90 Å². The predicted molar refractivity (Wildman–Crippen MR) is 113 cm³/mol. The molecule has 0 atom stereocenters. The summed E-state index contributed by atoms with van der Waals surface area (Å²) in [6.07, 6.45) is -2.06. The van der Waals surface area contributed by atoms with Crippen LogP contribution in [-0.4, -0.2) is 45.0 Å². The van der Waals surface area contributed by atoms with Gasteiger partial charge in [-0.2, -0.15) is 13.2 Å². The number of para-hydroxylation sites is 1. The molecule has 9 heteroatoms. The second-order valence-electron chi connectivity index (χ2n) is 7.53. The normalized spacial score (nSPS) is 14.3. The molecule has 0 N–H and O–H groups in total. The fourth-order valence-corrected chi connectivity index (χ4v) is 5.25. The number of unbranched alkanes of at least 4 members (excludes halogenated alkanes) is 1. The van der Waals surface area contributed by atoms with Crippen LogP contribution in [0.4, 0.5) is 18.9 Å². The maximum atomic E-state index is 13.3. The van der Waals surface area contributed by atoms with Crippen molar-refractivity contribution in [2.24, 2.45) is 0 Å². The SMILES string of the molecule is CCCCN(CC(F)(F)F)C(=O)c1cccc(S(=O)(=O)N2CCCc3ccccc32)c1. The lowest BCUT2D eigenvalue weighted by Gasteiger charge is -2.30. The van der Waals surface area contributed by atoms with Crippen molar-refractivity contribution < 1.29 is 26.4 Å². The summed E-state index contributed by atoms with van der Waals surface area (Å²) < 4.78 is 66.8. The molecule has 1 amide bonds. The van der Waals surface area contributed by atoms with Crippen molar-refractivity contribution in [1.29, 1.82) is 0 Å². The number of sulfonamides is 1. The maximum Gasteiger partial charge on any atom is 0.406 e. The topological polar surface area (TPSA) is 57.7 Å². The van der Waals surface area contributed by atoms with Gasteiger partial charge >= 0.3 is 6.18 Å². The van der Waals surface area contributed by atoms with Crippen LogP contribution in [-0.2, 0) is 16.4 Å². The summed E-state index contributed by atoms with van der Waals surface area (Å²) in [5, 5.41) is 0. The number of rotatable bonds is 7. The van der Waals surface area contributed by atoms with Gasteiger partial charge in [-0.25, -0.2) is 8.42 Å². The molecular formula is C22H25F3N2O3S. The van der Waals surface area contributed by atoms with E-state index in [1.54, 1.807) is 12.1 Å². The Morgan fingerprint density at radius 3 is 2.58 bits per heavy atom. The molecule has 0 bridgehead atoms. The lowest BCUT2D eigenvalue weighted by atomic mass is 10.0. The number of hydrogen-bond donors (Lipinski definition) is 0. The first-order valence-corrected chi connectivity index (χ1v) is 11.6. The van der Waals surface area contributed by atoms with E-state index >= 15 is 0 Å². The first-order valence-electron chi connectivity index (χ1n) is 10.2. The van der Waals surface area contributed by atoms with Crippen LogP contribution < -0.4 is 4.31 Å². The summed E-state index contributed by atoms with van der Waals surface area (Å²) in [6.45, 7) is 0.696. The monoisotopic (exact) mass is 454 g/mol. The Hall–Kier alpha value is -2.55. The molecule has 0 aliphatic carbocycles. The number of benzene rings is 2. The fraction of sp³-hybridized carbons (Fsp3) is 0.409. The first-order chi connectivity index (χ1) is 14.6. The van der Waals surface area contributed by atoms with E-state index < -0.39 is 28.7 Å². The Labute approximate surface area is 180 Å². The van der Waals surface area contributed by atoms with Crippen LogP contribution in [0.3, 0.4) is 0 Å². The minimum Gasteiger partial charge on any atom is -0.330 e. The zero-order valence-corrected chi connectivity index (χ0v) is 18.0. The van der Waals surface area contributed by atoms with E-state index in [0.717, 1.165) is 16.9 Å². The van der Waals surface area contributed by atoms with Crippen molar-refractivity contribution in [1.82, 2.24) is 4.90 Å². The molecule has 1 heterocycles. The number of fused-ring (bicyclic) bond motifs is 1. The van der Waals surface area contributed by atoms with Gasteiger partial charge in [-0.1, -0.05) is 37.6 Å². The van der Waals surface area contributed by atoms with Gasteiger partial charge in [0.15, 0.2) is 0 Å². The Bertz CT molecular complexity index is 1040. The van der Waals surface area contributed by atoms with Gasteiger partial charge in [0, 0.05) is 18.7 Å². The highest BCUT2D eigenvalue weighted by Crippen LogP contribution is 2.32. The predicted octanol–water partition coefficient (Wildman–Crippen LogP) is 4.63. The van der Waals surface area contributed by atoms with Gasteiger partial charge in [-0.05, 0) is 49.1 Å². The third kappa shape index (κ3) is 5.39. The Balaban J connectivity index is 1.92. The number of hydrogen-bond acceptors (Lipinski definition) is 3. The smallest absolute Gasteiger partial charge is 0.330 e. The van der Waals surface area contributed by atoms with E-state index in [9.17, 15) is 26.4 Å². The van der Waals surface area contributed by atoms with Gasteiger partial charge in [0.25, 0.3) is 15.9 Å². The average Bonchev–Trinajstić information content (AvgIpc) is 2.75. The molecule has 0 radical (unpaired) electrons. The molecule has 0 fully saturated rings. The van der Waals surface area contributed by atoms with Crippen LogP contribution in [0.1, 0.15) is 42.1 Å². The van der Waals surface area contributed by atoms with Crippen LogP contribution in [0.25, 0.3) is 0 Å². The Morgan fingerprint density at radius 2 is 1.87 bits per heavy atom. The van der Waals surface area contributed by atoms with Gasteiger partial charge in [-0.15, -0.1) is 0 Å². The second-order valence-corrected chi connectivity index (χ2v) is 9.40. The molecule has 2 aromatic carbocycles. The maximum absolute atomic E-state index is 13.3. The molecule has 3 rings (SSSR count). The van der Waals surface area contributed by atoms with Gasteiger partial charge in [0.1, 0.15) is 6.54 Å². The fourth-order valence-electron chi connectivity index (χ4n) is 3.67. The number of amides is 1. The molecule has 0 spiro atoms. The van der Waals surface area contributed by atoms with E-state index in [2.05, 4.69) is 0 Å². The first kappa shape index (κ1) is 23.1. The Kier molecular flexibility index (Phi) is 6.93. The second kappa shape index (κ2) is 9.30. The average molecular weight is 455 g/mol. The summed E-state index contributed by atoms with van der Waals surface area (Å²) in [5.74, 6) is -0.832. The highest BCUT2D eigenvalue weighted by molar-refractivity contribution is 7.92. The number of carbonyl (C=O) groups excluding carboxylic acids is 1.